The average Bonchev–Trinajstić information content (AvgIpc) is 3.26. The molecule has 0 N–H and O–H groups in total. The van der Waals surface area contributed by atoms with Crippen LogP contribution in [0.1, 0.15) is 45.1 Å². The van der Waals surface area contributed by atoms with Crippen molar-refractivity contribution < 1.29 is 9.53 Å². The number of piperidine rings is 1. The zero-order valence-electron chi connectivity index (χ0n) is 20.7. The van der Waals surface area contributed by atoms with Gasteiger partial charge in [-0.2, -0.15) is 10.4 Å². The molecular formula is C27H32N6O2. The second-order valence-corrected chi connectivity index (χ2v) is 10.1. The number of Topliss-reactive ketones (excluding diaryl/α,β-unsaturated/α-hetero) is 1. The van der Waals surface area contributed by atoms with E-state index in [2.05, 4.69) is 27.9 Å². The average molecular weight is 473 g/mol. The molecular weight excluding hydrogens is 440 g/mol. The van der Waals surface area contributed by atoms with Gasteiger partial charge >= 0.3 is 0 Å². The van der Waals surface area contributed by atoms with Gasteiger partial charge in [0.15, 0.2) is 5.78 Å². The molecule has 2 aliphatic rings. The fourth-order valence-electron chi connectivity index (χ4n) is 5.29. The standard InChI is InChI=1S/C27H32N6O2/c1-4-35-21-13-22(26-20(15-28)17-30-33(26)18-21)19-5-6-25(29-16-19)32-11-8-27(2,9-12-32)14-24(34)23-7-10-31(23)3/h5-6,13,16-18,23H,4,7-12,14H2,1-3H3/t23-/m0/s1. The Balaban J connectivity index is 1.31. The Morgan fingerprint density at radius 3 is 2.66 bits per heavy atom. The topological polar surface area (TPSA) is 86.8 Å². The second-order valence-electron chi connectivity index (χ2n) is 10.1. The molecule has 182 valence electrons. The van der Waals surface area contributed by atoms with Crippen LogP contribution in [-0.2, 0) is 4.79 Å². The maximum atomic E-state index is 12.7. The molecule has 0 unspecified atom stereocenters. The highest BCUT2D eigenvalue weighted by Crippen LogP contribution is 2.38. The minimum atomic E-state index is 0.0605. The van der Waals surface area contributed by atoms with Gasteiger partial charge in [-0.3, -0.25) is 9.69 Å². The van der Waals surface area contributed by atoms with E-state index in [0.29, 0.717) is 30.1 Å². The number of nitriles is 1. The van der Waals surface area contributed by atoms with Gasteiger partial charge in [-0.05, 0) is 56.8 Å². The summed E-state index contributed by atoms with van der Waals surface area (Å²) in [6.07, 6.45) is 8.87. The van der Waals surface area contributed by atoms with E-state index < -0.39 is 0 Å². The molecule has 0 aliphatic carbocycles. The summed E-state index contributed by atoms with van der Waals surface area (Å²) < 4.78 is 7.41. The molecule has 0 amide bonds. The highest BCUT2D eigenvalue weighted by molar-refractivity contribution is 5.86. The number of pyridine rings is 2. The van der Waals surface area contributed by atoms with Crippen molar-refractivity contribution in [2.45, 2.75) is 45.6 Å². The molecule has 5 heterocycles. The first-order valence-electron chi connectivity index (χ1n) is 12.4. The van der Waals surface area contributed by atoms with Crippen molar-refractivity contribution in [2.24, 2.45) is 5.41 Å². The number of carbonyl (C=O) groups excluding carboxylic acids is 1. The smallest absolute Gasteiger partial charge is 0.150 e. The normalized spacial score (nSPS) is 19.8. The van der Waals surface area contributed by atoms with Crippen LogP contribution in [0.3, 0.4) is 0 Å². The molecule has 0 spiro atoms. The first-order chi connectivity index (χ1) is 16.9. The molecule has 0 saturated carbocycles. The molecule has 0 bridgehead atoms. The van der Waals surface area contributed by atoms with Gasteiger partial charge in [0.05, 0.1) is 36.1 Å². The summed E-state index contributed by atoms with van der Waals surface area (Å²) in [7, 11) is 2.04. The number of hydrogen-bond acceptors (Lipinski definition) is 7. The minimum Gasteiger partial charge on any atom is -0.492 e. The van der Waals surface area contributed by atoms with E-state index >= 15 is 0 Å². The predicted octanol–water partition coefficient (Wildman–Crippen LogP) is 3.94. The number of likely N-dealkylation sites (N-methyl/N-ethyl adjacent to an activating group) is 1. The Hall–Kier alpha value is -3.44. The van der Waals surface area contributed by atoms with Crippen LogP contribution in [0.5, 0.6) is 5.75 Å². The number of carbonyl (C=O) groups is 1. The Labute approximate surface area is 206 Å². The highest BCUT2D eigenvalue weighted by atomic mass is 16.5. The third-order valence-electron chi connectivity index (χ3n) is 7.63. The predicted molar refractivity (Wildman–Crippen MR) is 135 cm³/mol. The van der Waals surface area contributed by atoms with Crippen molar-refractivity contribution in [1.29, 1.82) is 5.26 Å². The summed E-state index contributed by atoms with van der Waals surface area (Å²) in [6, 6.07) is 8.39. The third kappa shape index (κ3) is 4.48. The summed E-state index contributed by atoms with van der Waals surface area (Å²) >= 11 is 0. The fourth-order valence-corrected chi connectivity index (χ4v) is 5.29. The van der Waals surface area contributed by atoms with E-state index in [1.54, 1.807) is 16.9 Å². The van der Waals surface area contributed by atoms with Crippen molar-refractivity contribution in [3.05, 3.63) is 42.4 Å². The van der Waals surface area contributed by atoms with Gasteiger partial charge in [0, 0.05) is 43.4 Å². The molecule has 1 atom stereocenters. The number of nitrogens with zero attached hydrogens (tertiary/aromatic N) is 6. The van der Waals surface area contributed by atoms with E-state index in [4.69, 9.17) is 9.72 Å². The number of likely N-dealkylation sites (tertiary alicyclic amines) is 1. The Morgan fingerprint density at radius 2 is 2.06 bits per heavy atom. The first-order valence-corrected chi connectivity index (χ1v) is 12.4. The van der Waals surface area contributed by atoms with Crippen LogP contribution >= 0.6 is 0 Å². The number of rotatable bonds is 7. The van der Waals surface area contributed by atoms with E-state index in [0.717, 1.165) is 61.4 Å². The number of ketones is 1. The summed E-state index contributed by atoms with van der Waals surface area (Å²) in [5, 5.41) is 13.9. The van der Waals surface area contributed by atoms with E-state index in [-0.39, 0.29) is 11.5 Å². The lowest BCUT2D eigenvalue weighted by Crippen LogP contribution is -2.51. The van der Waals surface area contributed by atoms with Crippen molar-refractivity contribution >= 4 is 17.1 Å². The van der Waals surface area contributed by atoms with Crippen molar-refractivity contribution in [3.8, 4) is 22.9 Å². The van der Waals surface area contributed by atoms with Crippen LogP contribution in [0.4, 0.5) is 5.82 Å². The molecule has 35 heavy (non-hydrogen) atoms. The quantitative estimate of drug-likeness (QED) is 0.515. The number of anilines is 1. The Kier molecular flexibility index (Phi) is 6.20. The van der Waals surface area contributed by atoms with Crippen molar-refractivity contribution in [1.82, 2.24) is 19.5 Å². The SMILES string of the molecule is CCOc1cc(-c2ccc(N3CCC(C)(CC(=O)[C@@H]4CCN4C)CC3)nc2)c2c(C#N)cnn2c1. The van der Waals surface area contributed by atoms with Gasteiger partial charge in [0.25, 0.3) is 0 Å². The highest BCUT2D eigenvalue weighted by Gasteiger charge is 2.38. The molecule has 3 aromatic heterocycles. The molecule has 8 heteroatoms. The van der Waals surface area contributed by atoms with Gasteiger partial charge in [0.1, 0.15) is 17.6 Å². The van der Waals surface area contributed by atoms with Crippen LogP contribution in [0.25, 0.3) is 16.6 Å². The molecule has 0 aromatic carbocycles. The van der Waals surface area contributed by atoms with Gasteiger partial charge in [0.2, 0.25) is 0 Å². The van der Waals surface area contributed by atoms with Gasteiger partial charge in [-0.15, -0.1) is 0 Å². The zero-order chi connectivity index (χ0) is 24.6. The molecule has 2 saturated heterocycles. The second kappa shape index (κ2) is 9.31. The van der Waals surface area contributed by atoms with E-state index in [1.807, 2.05) is 38.4 Å². The molecule has 3 aromatic rings. The van der Waals surface area contributed by atoms with Gasteiger partial charge in [-0.1, -0.05) is 6.92 Å². The summed E-state index contributed by atoms with van der Waals surface area (Å²) in [5.74, 6) is 2.03. The number of hydrogen-bond donors (Lipinski definition) is 0. The van der Waals surface area contributed by atoms with Crippen LogP contribution in [0.2, 0.25) is 0 Å². The van der Waals surface area contributed by atoms with Crippen LogP contribution in [0, 0.1) is 16.7 Å². The zero-order valence-corrected chi connectivity index (χ0v) is 20.7. The number of ether oxygens (including phenoxy) is 1. The lowest BCUT2D eigenvalue weighted by molar-refractivity contribution is -0.130. The van der Waals surface area contributed by atoms with Crippen molar-refractivity contribution in [2.75, 3.05) is 38.2 Å². The van der Waals surface area contributed by atoms with Crippen LogP contribution in [-0.4, -0.2) is 64.6 Å². The first kappa shape index (κ1) is 23.3. The molecule has 0 radical (unpaired) electrons. The lowest BCUT2D eigenvalue weighted by Gasteiger charge is -2.42. The van der Waals surface area contributed by atoms with E-state index in [1.165, 1.54) is 0 Å². The molecule has 5 rings (SSSR count). The van der Waals surface area contributed by atoms with Crippen LogP contribution in [0.15, 0.2) is 36.8 Å². The number of aromatic nitrogens is 3. The number of fused-ring (bicyclic) bond motifs is 1. The van der Waals surface area contributed by atoms with E-state index in [9.17, 15) is 10.1 Å². The monoisotopic (exact) mass is 472 g/mol. The third-order valence-corrected chi connectivity index (χ3v) is 7.63. The van der Waals surface area contributed by atoms with Crippen LogP contribution < -0.4 is 9.64 Å². The summed E-state index contributed by atoms with van der Waals surface area (Å²) in [6.45, 7) is 7.56. The fraction of sp³-hybridized carbons (Fsp3) is 0.481. The minimum absolute atomic E-state index is 0.0605. The maximum absolute atomic E-state index is 12.7. The largest absolute Gasteiger partial charge is 0.492 e. The summed E-state index contributed by atoms with van der Waals surface area (Å²) in [4.78, 5) is 21.9. The Bertz CT molecular complexity index is 1270. The molecule has 8 nitrogen and oxygen atoms in total. The van der Waals surface area contributed by atoms with Gasteiger partial charge in [-0.25, -0.2) is 9.50 Å². The molecule has 2 fully saturated rings. The Morgan fingerprint density at radius 1 is 1.26 bits per heavy atom. The van der Waals surface area contributed by atoms with Crippen molar-refractivity contribution in [3.63, 3.8) is 0 Å². The lowest BCUT2D eigenvalue weighted by atomic mass is 9.74. The molecule has 2 aliphatic heterocycles. The maximum Gasteiger partial charge on any atom is 0.150 e. The summed E-state index contributed by atoms with van der Waals surface area (Å²) in [5.41, 5.74) is 3.11. The van der Waals surface area contributed by atoms with Gasteiger partial charge < -0.3 is 9.64 Å².